The summed E-state index contributed by atoms with van der Waals surface area (Å²) in [7, 11) is -3.09. The third-order valence-electron chi connectivity index (χ3n) is 5.29. The molecule has 156 valence electrons. The van der Waals surface area contributed by atoms with Crippen molar-refractivity contribution in [3.05, 3.63) is 59.2 Å². The third-order valence-corrected chi connectivity index (χ3v) is 6.15. The summed E-state index contributed by atoms with van der Waals surface area (Å²) in [5.74, 6) is -0.231. The van der Waals surface area contributed by atoms with Gasteiger partial charge in [0.2, 0.25) is 0 Å². The van der Waals surface area contributed by atoms with Gasteiger partial charge in [0.15, 0.2) is 9.84 Å². The molecule has 1 saturated heterocycles. The monoisotopic (exact) mass is 415 g/mol. The average Bonchev–Trinajstić information content (AvgIpc) is 2.69. The SMILES string of the molecule is CCN1CCN(c2ccc(NC(=O)c3ccc(CS(C)(=O)=O)cc3)c(C)c2)CC1. The van der Waals surface area contributed by atoms with Gasteiger partial charge in [-0.25, -0.2) is 8.42 Å². The van der Waals surface area contributed by atoms with Gasteiger partial charge in [-0.2, -0.15) is 0 Å². The first-order valence-electron chi connectivity index (χ1n) is 9.91. The van der Waals surface area contributed by atoms with Crippen molar-refractivity contribution in [2.24, 2.45) is 0 Å². The number of hydrogen-bond donors (Lipinski definition) is 1. The van der Waals surface area contributed by atoms with E-state index in [1.54, 1.807) is 24.3 Å². The minimum atomic E-state index is -3.09. The topological polar surface area (TPSA) is 69.7 Å². The molecule has 6 nitrogen and oxygen atoms in total. The number of anilines is 2. The number of sulfone groups is 1. The smallest absolute Gasteiger partial charge is 0.255 e. The Hall–Kier alpha value is -2.38. The van der Waals surface area contributed by atoms with Gasteiger partial charge in [-0.3, -0.25) is 4.79 Å². The van der Waals surface area contributed by atoms with Gasteiger partial charge in [0.05, 0.1) is 5.75 Å². The van der Waals surface area contributed by atoms with Crippen molar-refractivity contribution >= 4 is 27.1 Å². The summed E-state index contributed by atoms with van der Waals surface area (Å²) in [4.78, 5) is 17.4. The summed E-state index contributed by atoms with van der Waals surface area (Å²) in [5, 5.41) is 2.96. The van der Waals surface area contributed by atoms with E-state index in [9.17, 15) is 13.2 Å². The molecule has 1 amide bonds. The lowest BCUT2D eigenvalue weighted by Gasteiger charge is -2.35. The molecule has 1 aliphatic rings. The summed E-state index contributed by atoms with van der Waals surface area (Å²) in [5.41, 5.74) is 4.16. The number of piperazine rings is 1. The van der Waals surface area contributed by atoms with Crippen molar-refractivity contribution in [1.29, 1.82) is 0 Å². The zero-order valence-electron chi connectivity index (χ0n) is 17.3. The van der Waals surface area contributed by atoms with E-state index in [1.807, 2.05) is 13.0 Å². The average molecular weight is 416 g/mol. The number of carbonyl (C=O) groups excluding carboxylic acids is 1. The summed E-state index contributed by atoms with van der Waals surface area (Å²) in [6, 6.07) is 12.8. The highest BCUT2D eigenvalue weighted by molar-refractivity contribution is 7.89. The fraction of sp³-hybridized carbons (Fsp3) is 0.409. The van der Waals surface area contributed by atoms with Crippen LogP contribution in [0.3, 0.4) is 0 Å². The number of aryl methyl sites for hydroxylation is 1. The van der Waals surface area contributed by atoms with Gasteiger partial charge >= 0.3 is 0 Å². The van der Waals surface area contributed by atoms with E-state index >= 15 is 0 Å². The van der Waals surface area contributed by atoms with Crippen LogP contribution < -0.4 is 10.2 Å². The Morgan fingerprint density at radius 1 is 1.03 bits per heavy atom. The molecule has 3 rings (SSSR count). The number of rotatable bonds is 6. The normalized spacial score (nSPS) is 15.3. The van der Waals surface area contributed by atoms with E-state index in [4.69, 9.17) is 0 Å². The third kappa shape index (κ3) is 5.81. The first-order chi connectivity index (χ1) is 13.7. The molecular weight excluding hydrogens is 386 g/mol. The number of nitrogens with one attached hydrogen (secondary N) is 1. The molecule has 0 unspecified atom stereocenters. The van der Waals surface area contributed by atoms with Crippen LogP contribution in [0.25, 0.3) is 0 Å². The summed E-state index contributed by atoms with van der Waals surface area (Å²) >= 11 is 0. The molecule has 1 N–H and O–H groups in total. The number of amides is 1. The van der Waals surface area contributed by atoms with Gasteiger partial charge in [-0.05, 0) is 54.9 Å². The second-order valence-corrected chi connectivity index (χ2v) is 9.78. The minimum absolute atomic E-state index is 0.0258. The van der Waals surface area contributed by atoms with Gasteiger partial charge in [0, 0.05) is 49.4 Å². The Morgan fingerprint density at radius 3 is 2.24 bits per heavy atom. The van der Waals surface area contributed by atoms with Crippen LogP contribution in [0.1, 0.15) is 28.4 Å². The summed E-state index contributed by atoms with van der Waals surface area (Å²) in [6.45, 7) is 9.45. The minimum Gasteiger partial charge on any atom is -0.369 e. The number of nitrogens with zero attached hydrogens (tertiary/aromatic N) is 2. The Bertz CT molecular complexity index is 963. The predicted octanol–water partition coefficient (Wildman–Crippen LogP) is 2.93. The van der Waals surface area contributed by atoms with E-state index in [-0.39, 0.29) is 11.7 Å². The molecule has 29 heavy (non-hydrogen) atoms. The highest BCUT2D eigenvalue weighted by Crippen LogP contribution is 2.24. The number of carbonyl (C=O) groups is 1. The molecular formula is C22H29N3O3S. The molecule has 0 spiro atoms. The maximum Gasteiger partial charge on any atom is 0.255 e. The van der Waals surface area contributed by atoms with E-state index < -0.39 is 9.84 Å². The molecule has 0 saturated carbocycles. The molecule has 7 heteroatoms. The molecule has 1 aliphatic heterocycles. The van der Waals surface area contributed by atoms with Crippen LogP contribution in [0, 0.1) is 6.92 Å². The number of likely N-dealkylation sites (N-methyl/N-ethyl adjacent to an activating group) is 1. The second kappa shape index (κ2) is 8.97. The van der Waals surface area contributed by atoms with Crippen LogP contribution in [0.15, 0.2) is 42.5 Å². The second-order valence-electron chi connectivity index (χ2n) is 7.64. The summed E-state index contributed by atoms with van der Waals surface area (Å²) in [6.07, 6.45) is 1.20. The Balaban J connectivity index is 1.65. The highest BCUT2D eigenvalue weighted by atomic mass is 32.2. The van der Waals surface area contributed by atoms with E-state index in [0.29, 0.717) is 11.1 Å². The molecule has 1 heterocycles. The molecule has 1 fully saturated rings. The Morgan fingerprint density at radius 2 is 1.69 bits per heavy atom. The van der Waals surface area contributed by atoms with Crippen LogP contribution in [0.5, 0.6) is 0 Å². The van der Waals surface area contributed by atoms with Crippen LogP contribution in [-0.4, -0.2) is 58.2 Å². The van der Waals surface area contributed by atoms with Gasteiger partial charge in [-0.15, -0.1) is 0 Å². The first-order valence-corrected chi connectivity index (χ1v) is 12.0. The quantitative estimate of drug-likeness (QED) is 0.786. The van der Waals surface area contributed by atoms with Crippen molar-refractivity contribution < 1.29 is 13.2 Å². The van der Waals surface area contributed by atoms with Crippen LogP contribution in [-0.2, 0) is 15.6 Å². The zero-order valence-corrected chi connectivity index (χ0v) is 18.1. The molecule has 2 aromatic carbocycles. The van der Waals surface area contributed by atoms with Gasteiger partial charge in [0.25, 0.3) is 5.91 Å². The van der Waals surface area contributed by atoms with Crippen molar-refractivity contribution in [2.75, 3.05) is 49.2 Å². The van der Waals surface area contributed by atoms with Crippen LogP contribution in [0.2, 0.25) is 0 Å². The number of benzene rings is 2. The molecule has 0 atom stereocenters. The maximum absolute atomic E-state index is 12.6. The number of hydrogen-bond acceptors (Lipinski definition) is 5. The molecule has 0 radical (unpaired) electrons. The lowest BCUT2D eigenvalue weighted by molar-refractivity contribution is 0.102. The van der Waals surface area contributed by atoms with Gasteiger partial charge in [-0.1, -0.05) is 19.1 Å². The standard InChI is InChI=1S/C22H29N3O3S/c1-4-24-11-13-25(14-12-24)20-9-10-21(17(2)15-20)23-22(26)19-7-5-18(6-8-19)16-29(3,27)28/h5-10,15H,4,11-14,16H2,1-3H3,(H,23,26). The fourth-order valence-corrected chi connectivity index (χ4v) is 4.35. The lowest BCUT2D eigenvalue weighted by atomic mass is 10.1. The largest absolute Gasteiger partial charge is 0.369 e. The fourth-order valence-electron chi connectivity index (χ4n) is 3.56. The predicted molar refractivity (Wildman–Crippen MR) is 118 cm³/mol. The molecule has 2 aromatic rings. The zero-order chi connectivity index (χ0) is 21.0. The van der Waals surface area contributed by atoms with Crippen molar-refractivity contribution in [2.45, 2.75) is 19.6 Å². The van der Waals surface area contributed by atoms with Crippen LogP contribution >= 0.6 is 0 Å². The van der Waals surface area contributed by atoms with Crippen molar-refractivity contribution in [3.8, 4) is 0 Å². The van der Waals surface area contributed by atoms with Gasteiger partial charge < -0.3 is 15.1 Å². The summed E-state index contributed by atoms with van der Waals surface area (Å²) < 4.78 is 22.8. The van der Waals surface area contributed by atoms with Crippen molar-refractivity contribution in [3.63, 3.8) is 0 Å². The van der Waals surface area contributed by atoms with Gasteiger partial charge in [0.1, 0.15) is 0 Å². The molecule has 0 aliphatic carbocycles. The molecule has 0 aromatic heterocycles. The van der Waals surface area contributed by atoms with Crippen molar-refractivity contribution in [1.82, 2.24) is 4.90 Å². The van der Waals surface area contributed by atoms with Crippen LogP contribution in [0.4, 0.5) is 11.4 Å². The van der Waals surface area contributed by atoms with E-state index in [2.05, 4.69) is 34.2 Å². The van der Waals surface area contributed by atoms with E-state index in [1.165, 1.54) is 11.9 Å². The lowest BCUT2D eigenvalue weighted by Crippen LogP contribution is -2.46. The molecule has 0 bridgehead atoms. The Kier molecular flexibility index (Phi) is 6.59. The maximum atomic E-state index is 12.6. The Labute approximate surface area is 173 Å². The van der Waals surface area contributed by atoms with E-state index in [0.717, 1.165) is 44.0 Å². The highest BCUT2D eigenvalue weighted by Gasteiger charge is 2.17. The first kappa shape index (κ1) is 21.3.